The SMILES string of the molecule is CC(C)(C)NC(=O)C(c1ccc(F)cc1)N(C(=O)CCC(=O)Nc1ccccn1)C1CCCCC1. The van der Waals surface area contributed by atoms with Crippen molar-refractivity contribution >= 4 is 23.5 Å². The molecular weight excluding hydrogens is 447 g/mol. The normalized spacial score (nSPS) is 15.2. The monoisotopic (exact) mass is 482 g/mol. The number of anilines is 1. The molecule has 1 unspecified atom stereocenters. The summed E-state index contributed by atoms with van der Waals surface area (Å²) in [5, 5.41) is 5.69. The van der Waals surface area contributed by atoms with Crippen LogP contribution in [-0.4, -0.2) is 39.2 Å². The molecule has 7 nitrogen and oxygen atoms in total. The number of pyridine rings is 1. The molecule has 0 saturated heterocycles. The van der Waals surface area contributed by atoms with Crippen LogP contribution in [0.3, 0.4) is 0 Å². The number of nitrogens with one attached hydrogen (secondary N) is 2. The summed E-state index contributed by atoms with van der Waals surface area (Å²) in [7, 11) is 0. The van der Waals surface area contributed by atoms with Crippen molar-refractivity contribution in [3.05, 3.63) is 60.0 Å². The fraction of sp³-hybridized carbons (Fsp3) is 0.481. The Labute approximate surface area is 206 Å². The van der Waals surface area contributed by atoms with Gasteiger partial charge in [-0.15, -0.1) is 0 Å². The number of amides is 3. The molecule has 1 aliphatic rings. The number of halogens is 1. The van der Waals surface area contributed by atoms with Gasteiger partial charge in [0.15, 0.2) is 0 Å². The standard InChI is InChI=1S/C27H35FN4O3/c1-27(2,3)31-26(35)25(19-12-14-20(28)15-13-19)32(21-9-5-4-6-10-21)24(34)17-16-23(33)30-22-11-7-8-18-29-22/h7-8,11-15,18,21,25H,4-6,9-10,16-17H2,1-3H3,(H,31,35)(H,29,30,33). The number of carbonyl (C=O) groups excluding carboxylic acids is 3. The molecule has 1 heterocycles. The Bertz CT molecular complexity index is 999. The largest absolute Gasteiger partial charge is 0.349 e. The van der Waals surface area contributed by atoms with Crippen LogP contribution in [0.15, 0.2) is 48.7 Å². The number of hydrogen-bond acceptors (Lipinski definition) is 4. The van der Waals surface area contributed by atoms with Crippen molar-refractivity contribution < 1.29 is 18.8 Å². The van der Waals surface area contributed by atoms with E-state index in [0.717, 1.165) is 32.1 Å². The Balaban J connectivity index is 1.86. The lowest BCUT2D eigenvalue weighted by molar-refractivity contribution is -0.145. The summed E-state index contributed by atoms with van der Waals surface area (Å²) in [6.07, 6.45) is 6.08. The zero-order chi connectivity index (χ0) is 25.4. The van der Waals surface area contributed by atoms with E-state index in [-0.39, 0.29) is 36.6 Å². The van der Waals surface area contributed by atoms with Crippen LogP contribution >= 0.6 is 0 Å². The maximum atomic E-state index is 13.7. The van der Waals surface area contributed by atoms with Crippen LogP contribution in [0.1, 0.15) is 77.3 Å². The van der Waals surface area contributed by atoms with Gasteiger partial charge in [0, 0.05) is 30.6 Å². The molecule has 1 saturated carbocycles. The molecule has 2 aromatic rings. The predicted octanol–water partition coefficient (Wildman–Crippen LogP) is 4.76. The molecule has 3 amide bonds. The van der Waals surface area contributed by atoms with Crippen LogP contribution < -0.4 is 10.6 Å². The quantitative estimate of drug-likeness (QED) is 0.568. The highest BCUT2D eigenvalue weighted by Gasteiger charge is 2.37. The van der Waals surface area contributed by atoms with Crippen molar-refractivity contribution in [2.24, 2.45) is 0 Å². The van der Waals surface area contributed by atoms with Gasteiger partial charge in [0.05, 0.1) is 0 Å². The van der Waals surface area contributed by atoms with Crippen molar-refractivity contribution in [3.63, 3.8) is 0 Å². The zero-order valence-corrected chi connectivity index (χ0v) is 20.7. The van der Waals surface area contributed by atoms with E-state index < -0.39 is 17.4 Å². The van der Waals surface area contributed by atoms with Gasteiger partial charge in [-0.05, 0) is 63.4 Å². The first-order valence-electron chi connectivity index (χ1n) is 12.2. The minimum absolute atomic E-state index is 0.0321. The van der Waals surface area contributed by atoms with Crippen molar-refractivity contribution in [3.8, 4) is 0 Å². The van der Waals surface area contributed by atoms with E-state index >= 15 is 0 Å². The van der Waals surface area contributed by atoms with Gasteiger partial charge in [-0.3, -0.25) is 14.4 Å². The van der Waals surface area contributed by atoms with Crippen molar-refractivity contribution in [1.29, 1.82) is 0 Å². The van der Waals surface area contributed by atoms with Crippen LogP contribution in [0.4, 0.5) is 10.2 Å². The first-order valence-corrected chi connectivity index (χ1v) is 12.2. The first-order chi connectivity index (χ1) is 16.6. The molecule has 1 aliphatic carbocycles. The van der Waals surface area contributed by atoms with Gasteiger partial charge in [-0.1, -0.05) is 37.5 Å². The average molecular weight is 483 g/mol. The van der Waals surface area contributed by atoms with E-state index in [4.69, 9.17) is 0 Å². The van der Waals surface area contributed by atoms with Crippen molar-refractivity contribution in [1.82, 2.24) is 15.2 Å². The Kier molecular flexibility index (Phi) is 8.95. The van der Waals surface area contributed by atoms with E-state index in [9.17, 15) is 18.8 Å². The predicted molar refractivity (Wildman–Crippen MR) is 133 cm³/mol. The third-order valence-corrected chi connectivity index (χ3v) is 5.96. The van der Waals surface area contributed by atoms with Gasteiger partial charge < -0.3 is 15.5 Å². The van der Waals surface area contributed by atoms with Crippen LogP contribution in [0.2, 0.25) is 0 Å². The van der Waals surface area contributed by atoms with Gasteiger partial charge in [0.2, 0.25) is 17.7 Å². The molecular formula is C27H35FN4O3. The Morgan fingerprint density at radius 2 is 1.71 bits per heavy atom. The summed E-state index contributed by atoms with van der Waals surface area (Å²) in [5.41, 5.74) is 0.0316. The molecule has 1 aromatic heterocycles. The molecule has 0 spiro atoms. The summed E-state index contributed by atoms with van der Waals surface area (Å²) >= 11 is 0. The topological polar surface area (TPSA) is 91.4 Å². The minimum atomic E-state index is -0.913. The number of rotatable bonds is 8. The summed E-state index contributed by atoms with van der Waals surface area (Å²) in [6.45, 7) is 5.63. The molecule has 8 heteroatoms. The molecule has 3 rings (SSSR count). The molecule has 0 aliphatic heterocycles. The second kappa shape index (κ2) is 11.9. The molecule has 1 fully saturated rings. The third kappa shape index (κ3) is 7.87. The Morgan fingerprint density at radius 1 is 1.03 bits per heavy atom. The van der Waals surface area contributed by atoms with Crippen LogP contribution in [0.5, 0.6) is 0 Å². The van der Waals surface area contributed by atoms with E-state index in [2.05, 4.69) is 15.6 Å². The highest BCUT2D eigenvalue weighted by molar-refractivity contribution is 5.94. The van der Waals surface area contributed by atoms with E-state index in [1.165, 1.54) is 12.1 Å². The van der Waals surface area contributed by atoms with Crippen LogP contribution in [-0.2, 0) is 14.4 Å². The lowest BCUT2D eigenvalue weighted by atomic mass is 9.90. The molecule has 2 N–H and O–H groups in total. The maximum Gasteiger partial charge on any atom is 0.247 e. The molecule has 1 aromatic carbocycles. The fourth-order valence-electron chi connectivity index (χ4n) is 4.43. The lowest BCUT2D eigenvalue weighted by Gasteiger charge is -2.40. The molecule has 35 heavy (non-hydrogen) atoms. The maximum absolute atomic E-state index is 13.7. The van der Waals surface area contributed by atoms with Gasteiger partial charge in [-0.2, -0.15) is 0 Å². The third-order valence-electron chi connectivity index (χ3n) is 5.96. The molecule has 0 radical (unpaired) electrons. The number of nitrogens with zero attached hydrogens (tertiary/aromatic N) is 2. The van der Waals surface area contributed by atoms with Gasteiger partial charge in [0.1, 0.15) is 17.7 Å². The van der Waals surface area contributed by atoms with Gasteiger partial charge in [-0.25, -0.2) is 9.37 Å². The van der Waals surface area contributed by atoms with E-state index in [1.807, 2.05) is 20.8 Å². The summed E-state index contributed by atoms with van der Waals surface area (Å²) < 4.78 is 13.7. The highest BCUT2D eigenvalue weighted by atomic mass is 19.1. The number of benzene rings is 1. The summed E-state index contributed by atoms with van der Waals surface area (Å²) in [5.74, 6) is -0.904. The van der Waals surface area contributed by atoms with Crippen molar-refractivity contribution in [2.75, 3.05) is 5.32 Å². The fourth-order valence-corrected chi connectivity index (χ4v) is 4.43. The van der Waals surface area contributed by atoms with Gasteiger partial charge >= 0.3 is 0 Å². The highest BCUT2D eigenvalue weighted by Crippen LogP contribution is 2.32. The van der Waals surface area contributed by atoms with Crippen molar-refractivity contribution in [2.45, 2.75) is 83.3 Å². The lowest BCUT2D eigenvalue weighted by Crippen LogP contribution is -2.52. The summed E-state index contributed by atoms with van der Waals surface area (Å²) in [4.78, 5) is 45.3. The second-order valence-corrected chi connectivity index (χ2v) is 10.0. The van der Waals surface area contributed by atoms with Gasteiger partial charge in [0.25, 0.3) is 0 Å². The first kappa shape index (κ1) is 26.3. The van der Waals surface area contributed by atoms with Crippen LogP contribution in [0, 0.1) is 5.82 Å². The average Bonchev–Trinajstić information content (AvgIpc) is 2.82. The smallest absolute Gasteiger partial charge is 0.247 e. The zero-order valence-electron chi connectivity index (χ0n) is 20.7. The van der Waals surface area contributed by atoms with E-state index in [1.54, 1.807) is 41.4 Å². The number of hydrogen-bond donors (Lipinski definition) is 2. The molecule has 1 atom stereocenters. The van der Waals surface area contributed by atoms with Crippen LogP contribution in [0.25, 0.3) is 0 Å². The second-order valence-electron chi connectivity index (χ2n) is 10.0. The minimum Gasteiger partial charge on any atom is -0.349 e. The van der Waals surface area contributed by atoms with E-state index in [0.29, 0.717) is 11.4 Å². The Morgan fingerprint density at radius 3 is 2.31 bits per heavy atom. The molecule has 0 bridgehead atoms. The number of carbonyl (C=O) groups is 3. The number of aromatic nitrogens is 1. The molecule has 188 valence electrons. The Hall–Kier alpha value is -3.29. The summed E-state index contributed by atoms with van der Waals surface area (Å²) in [6, 6.07) is 9.86.